The average molecular weight is 285 g/mol. The molecule has 16 heavy (non-hydrogen) atoms. The first-order chi connectivity index (χ1) is 7.72. The molecule has 2 rings (SSSR count). The van der Waals surface area contributed by atoms with Crippen LogP contribution in [0.3, 0.4) is 0 Å². The lowest BCUT2D eigenvalue weighted by molar-refractivity contribution is -0.124. The molecule has 0 aromatic carbocycles. The molecule has 2 amide bonds. The van der Waals surface area contributed by atoms with Crippen molar-refractivity contribution in [2.24, 2.45) is 0 Å². The number of rotatable bonds is 4. The Hall–Kier alpha value is -1.10. The Morgan fingerprint density at radius 2 is 2.06 bits per heavy atom. The van der Waals surface area contributed by atoms with Crippen molar-refractivity contribution < 1.29 is 9.59 Å². The Morgan fingerprint density at radius 3 is 2.81 bits per heavy atom. The summed E-state index contributed by atoms with van der Waals surface area (Å²) >= 11 is 3.38. The van der Waals surface area contributed by atoms with E-state index in [1.807, 2.05) is 6.08 Å². The number of amides is 2. The lowest BCUT2D eigenvalue weighted by Crippen LogP contribution is -2.33. The Kier molecular flexibility index (Phi) is 3.43. The second-order valence-electron chi connectivity index (χ2n) is 3.87. The first-order valence-electron chi connectivity index (χ1n) is 5.33. The number of nitrogens with one attached hydrogen (secondary N) is 2. The summed E-state index contributed by atoms with van der Waals surface area (Å²) < 4.78 is 0. The minimum atomic E-state index is -0.310. The first kappa shape index (κ1) is 11.4. The van der Waals surface area contributed by atoms with Gasteiger partial charge in [0.05, 0.1) is 5.57 Å². The molecule has 86 valence electrons. The molecule has 0 bridgehead atoms. The van der Waals surface area contributed by atoms with E-state index in [2.05, 4.69) is 26.6 Å². The van der Waals surface area contributed by atoms with Crippen LogP contribution in [0.2, 0.25) is 0 Å². The molecule has 1 unspecified atom stereocenters. The third-order valence-electron chi connectivity index (χ3n) is 2.69. The SMILES string of the molecule is O=C1NC(=O)C2=C1C=CC(CCCCBr)N2. The maximum atomic E-state index is 11.4. The molecule has 0 aliphatic carbocycles. The number of carbonyl (C=O) groups excluding carboxylic acids is 2. The van der Waals surface area contributed by atoms with Crippen LogP contribution in [0.15, 0.2) is 23.4 Å². The number of hydrogen-bond acceptors (Lipinski definition) is 3. The number of dihydropyridines is 1. The standard InChI is InChI=1S/C11H13BrN2O2/c12-6-2-1-3-7-4-5-8-9(13-7)11(16)14-10(8)15/h4-5,7,13H,1-3,6H2,(H,14,15,16). The van der Waals surface area contributed by atoms with Gasteiger partial charge >= 0.3 is 0 Å². The van der Waals surface area contributed by atoms with Crippen molar-refractivity contribution in [2.45, 2.75) is 25.3 Å². The predicted molar refractivity (Wildman–Crippen MR) is 63.9 cm³/mol. The Bertz CT molecular complexity index is 387. The van der Waals surface area contributed by atoms with Gasteiger partial charge in [0, 0.05) is 11.4 Å². The molecule has 2 aliphatic rings. The van der Waals surface area contributed by atoms with Crippen molar-refractivity contribution in [3.63, 3.8) is 0 Å². The lowest BCUT2D eigenvalue weighted by atomic mass is 10.0. The zero-order valence-electron chi connectivity index (χ0n) is 8.75. The van der Waals surface area contributed by atoms with E-state index >= 15 is 0 Å². The Labute approximate surface area is 102 Å². The minimum absolute atomic E-state index is 0.162. The van der Waals surface area contributed by atoms with Crippen LogP contribution < -0.4 is 10.6 Å². The van der Waals surface area contributed by atoms with Gasteiger partial charge in [0.2, 0.25) is 0 Å². The zero-order valence-corrected chi connectivity index (χ0v) is 10.3. The lowest BCUT2D eigenvalue weighted by Gasteiger charge is -2.19. The summed E-state index contributed by atoms with van der Waals surface area (Å²) in [5.41, 5.74) is 0.887. The maximum absolute atomic E-state index is 11.4. The van der Waals surface area contributed by atoms with Crippen LogP contribution in [0.4, 0.5) is 0 Å². The normalized spacial score (nSPS) is 23.2. The van der Waals surface area contributed by atoms with Crippen molar-refractivity contribution >= 4 is 27.7 Å². The summed E-state index contributed by atoms with van der Waals surface area (Å²) in [7, 11) is 0. The molecule has 0 saturated carbocycles. The third kappa shape index (κ3) is 2.19. The second kappa shape index (κ2) is 4.82. The largest absolute Gasteiger partial charge is 0.374 e. The number of alkyl halides is 1. The number of imide groups is 1. The van der Waals surface area contributed by atoms with Crippen LogP contribution in [0.1, 0.15) is 19.3 Å². The number of carbonyl (C=O) groups is 2. The minimum Gasteiger partial charge on any atom is -0.374 e. The quantitative estimate of drug-likeness (QED) is 0.460. The fraction of sp³-hybridized carbons (Fsp3) is 0.455. The molecule has 2 N–H and O–H groups in total. The highest BCUT2D eigenvalue weighted by atomic mass is 79.9. The molecule has 4 nitrogen and oxygen atoms in total. The van der Waals surface area contributed by atoms with E-state index in [4.69, 9.17) is 0 Å². The van der Waals surface area contributed by atoms with Crippen LogP contribution in [0.5, 0.6) is 0 Å². The van der Waals surface area contributed by atoms with E-state index in [1.165, 1.54) is 0 Å². The van der Waals surface area contributed by atoms with E-state index in [9.17, 15) is 9.59 Å². The molecular weight excluding hydrogens is 272 g/mol. The molecule has 0 spiro atoms. The molecule has 5 heteroatoms. The van der Waals surface area contributed by atoms with Crippen molar-refractivity contribution in [3.8, 4) is 0 Å². The fourth-order valence-electron chi connectivity index (χ4n) is 1.84. The summed E-state index contributed by atoms with van der Waals surface area (Å²) in [6.45, 7) is 0. The molecule has 0 aromatic heterocycles. The van der Waals surface area contributed by atoms with E-state index in [-0.39, 0.29) is 17.9 Å². The van der Waals surface area contributed by atoms with Gasteiger partial charge in [-0.3, -0.25) is 14.9 Å². The topological polar surface area (TPSA) is 58.2 Å². The Balaban J connectivity index is 1.97. The molecule has 1 atom stereocenters. The van der Waals surface area contributed by atoms with Crippen LogP contribution in [-0.4, -0.2) is 23.2 Å². The van der Waals surface area contributed by atoms with Crippen LogP contribution in [0, 0.1) is 0 Å². The molecule has 2 heterocycles. The predicted octanol–water partition coefficient (Wildman–Crippen LogP) is 0.990. The van der Waals surface area contributed by atoms with Gasteiger partial charge in [-0.15, -0.1) is 0 Å². The number of halogens is 1. The van der Waals surface area contributed by atoms with E-state index < -0.39 is 0 Å². The highest BCUT2D eigenvalue weighted by molar-refractivity contribution is 9.09. The average Bonchev–Trinajstić information content (AvgIpc) is 2.55. The van der Waals surface area contributed by atoms with Crippen molar-refractivity contribution in [3.05, 3.63) is 23.4 Å². The summed E-state index contributed by atoms with van der Waals surface area (Å²) in [6, 6.07) is 0.162. The fourth-order valence-corrected chi connectivity index (χ4v) is 2.24. The molecule has 2 aliphatic heterocycles. The highest BCUT2D eigenvalue weighted by Crippen LogP contribution is 2.19. The van der Waals surface area contributed by atoms with E-state index in [1.54, 1.807) is 6.08 Å². The Morgan fingerprint density at radius 1 is 1.25 bits per heavy atom. The van der Waals surface area contributed by atoms with Crippen molar-refractivity contribution in [1.29, 1.82) is 0 Å². The van der Waals surface area contributed by atoms with Crippen LogP contribution >= 0.6 is 15.9 Å². The number of unbranched alkanes of at least 4 members (excludes halogenated alkanes) is 1. The van der Waals surface area contributed by atoms with Gasteiger partial charge < -0.3 is 5.32 Å². The van der Waals surface area contributed by atoms with Gasteiger partial charge in [-0.05, 0) is 18.9 Å². The highest BCUT2D eigenvalue weighted by Gasteiger charge is 2.31. The van der Waals surface area contributed by atoms with Gasteiger partial charge in [0.15, 0.2) is 0 Å². The van der Waals surface area contributed by atoms with Crippen LogP contribution in [-0.2, 0) is 9.59 Å². The molecule has 0 saturated heterocycles. The van der Waals surface area contributed by atoms with E-state index in [0.717, 1.165) is 24.6 Å². The first-order valence-corrected chi connectivity index (χ1v) is 6.45. The molecular formula is C11H13BrN2O2. The second-order valence-corrected chi connectivity index (χ2v) is 4.66. The van der Waals surface area contributed by atoms with Gasteiger partial charge in [0.1, 0.15) is 5.70 Å². The third-order valence-corrected chi connectivity index (χ3v) is 3.25. The van der Waals surface area contributed by atoms with Crippen molar-refractivity contribution in [2.75, 3.05) is 5.33 Å². The smallest absolute Gasteiger partial charge is 0.275 e. The maximum Gasteiger partial charge on any atom is 0.275 e. The summed E-state index contributed by atoms with van der Waals surface area (Å²) in [5, 5.41) is 6.37. The van der Waals surface area contributed by atoms with E-state index in [0.29, 0.717) is 11.3 Å². The zero-order chi connectivity index (χ0) is 11.5. The molecule has 0 aromatic rings. The van der Waals surface area contributed by atoms with Gasteiger partial charge in [-0.1, -0.05) is 28.4 Å². The molecule has 0 radical (unpaired) electrons. The monoisotopic (exact) mass is 284 g/mol. The van der Waals surface area contributed by atoms with Crippen molar-refractivity contribution in [1.82, 2.24) is 10.6 Å². The van der Waals surface area contributed by atoms with Gasteiger partial charge in [-0.25, -0.2) is 0 Å². The van der Waals surface area contributed by atoms with Gasteiger partial charge in [-0.2, -0.15) is 0 Å². The van der Waals surface area contributed by atoms with Crippen LogP contribution in [0.25, 0.3) is 0 Å². The molecule has 0 fully saturated rings. The summed E-state index contributed by atoms with van der Waals surface area (Å²) in [5.74, 6) is -0.613. The summed E-state index contributed by atoms with van der Waals surface area (Å²) in [4.78, 5) is 22.7. The van der Waals surface area contributed by atoms with Gasteiger partial charge in [0.25, 0.3) is 11.8 Å². The number of hydrogen-bond donors (Lipinski definition) is 2. The summed E-state index contributed by atoms with van der Waals surface area (Å²) in [6.07, 6.45) is 6.87.